The molecule has 3 amide bonds. The van der Waals surface area contributed by atoms with Crippen LogP contribution in [0.25, 0.3) is 0 Å². The summed E-state index contributed by atoms with van der Waals surface area (Å²) in [7, 11) is 0. The number of ether oxygens (including phenoxy) is 1. The quantitative estimate of drug-likeness (QED) is 0.407. The molecule has 198 valence electrons. The number of nitrogens with zero attached hydrogens (tertiary/aromatic N) is 1. The molecule has 0 aliphatic carbocycles. The van der Waals surface area contributed by atoms with Gasteiger partial charge in [-0.25, -0.2) is 4.79 Å². The molecular weight excluding hydrogens is 446 g/mol. The molecule has 8 heteroatoms. The number of hydrogen-bond acceptors (Lipinski definition) is 5. The first-order valence-corrected chi connectivity index (χ1v) is 12.6. The standard InChI is InChI=1S/C27H45N3O5/c1-10-13-18(5)28-24(32)23(20-14-12-15-21(31)16-20)30(19(6)11-2)25(33)22(17(3)4)29-26(34)35-27(7,8)9/h12,14-19,22-23,31H,10-11,13H2,1-9H3,(H,28,32)(H,29,34). The second-order valence-corrected chi connectivity index (χ2v) is 10.6. The first-order valence-electron chi connectivity index (χ1n) is 12.6. The molecule has 4 atom stereocenters. The maximum atomic E-state index is 14.0. The van der Waals surface area contributed by atoms with Crippen LogP contribution in [0.5, 0.6) is 5.75 Å². The van der Waals surface area contributed by atoms with Crippen molar-refractivity contribution in [3.05, 3.63) is 29.8 Å². The second-order valence-electron chi connectivity index (χ2n) is 10.6. The summed E-state index contributed by atoms with van der Waals surface area (Å²) in [5, 5.41) is 15.9. The first kappa shape index (κ1) is 30.3. The van der Waals surface area contributed by atoms with Gasteiger partial charge >= 0.3 is 6.09 Å². The van der Waals surface area contributed by atoms with E-state index in [1.165, 1.54) is 17.0 Å². The number of alkyl carbamates (subject to hydrolysis) is 1. The van der Waals surface area contributed by atoms with Gasteiger partial charge in [0.25, 0.3) is 0 Å². The normalized spacial score (nSPS) is 15.0. The number of phenolic OH excluding ortho intramolecular Hbond substituents is 1. The largest absolute Gasteiger partial charge is 0.508 e. The minimum atomic E-state index is -0.981. The summed E-state index contributed by atoms with van der Waals surface area (Å²) in [5.74, 6) is -0.962. The first-order chi connectivity index (χ1) is 16.2. The summed E-state index contributed by atoms with van der Waals surface area (Å²) >= 11 is 0. The number of amides is 3. The molecule has 1 aromatic carbocycles. The molecule has 8 nitrogen and oxygen atoms in total. The van der Waals surface area contributed by atoms with E-state index in [2.05, 4.69) is 10.6 Å². The van der Waals surface area contributed by atoms with Crippen LogP contribution in [0.3, 0.4) is 0 Å². The smallest absolute Gasteiger partial charge is 0.408 e. The average Bonchev–Trinajstić information content (AvgIpc) is 2.73. The number of carbonyl (C=O) groups is 3. The van der Waals surface area contributed by atoms with Crippen molar-refractivity contribution < 1.29 is 24.2 Å². The Morgan fingerprint density at radius 1 is 1.06 bits per heavy atom. The maximum absolute atomic E-state index is 14.0. The Morgan fingerprint density at radius 2 is 1.69 bits per heavy atom. The van der Waals surface area contributed by atoms with Crippen LogP contribution in [0.1, 0.15) is 93.2 Å². The van der Waals surface area contributed by atoms with Crippen molar-refractivity contribution in [2.45, 2.75) is 111 Å². The van der Waals surface area contributed by atoms with E-state index in [0.717, 1.165) is 12.8 Å². The number of nitrogens with one attached hydrogen (secondary N) is 2. The van der Waals surface area contributed by atoms with Crippen LogP contribution in [-0.2, 0) is 14.3 Å². The highest BCUT2D eigenvalue weighted by Gasteiger charge is 2.39. The second kappa shape index (κ2) is 13.4. The van der Waals surface area contributed by atoms with Gasteiger partial charge in [-0.3, -0.25) is 9.59 Å². The van der Waals surface area contributed by atoms with Gasteiger partial charge in [0.05, 0.1) is 0 Å². The highest BCUT2D eigenvalue weighted by atomic mass is 16.6. The predicted octanol–water partition coefficient (Wildman–Crippen LogP) is 4.91. The fraction of sp³-hybridized carbons (Fsp3) is 0.667. The maximum Gasteiger partial charge on any atom is 0.408 e. The van der Waals surface area contributed by atoms with Crippen LogP contribution in [0.4, 0.5) is 4.79 Å². The average molecular weight is 492 g/mol. The number of aromatic hydroxyl groups is 1. The summed E-state index contributed by atoms with van der Waals surface area (Å²) in [6, 6.07) is 4.12. The predicted molar refractivity (Wildman–Crippen MR) is 138 cm³/mol. The number of benzene rings is 1. The third kappa shape index (κ3) is 9.42. The molecule has 3 N–H and O–H groups in total. The fourth-order valence-corrected chi connectivity index (χ4v) is 3.86. The van der Waals surface area contributed by atoms with Gasteiger partial charge in [0.2, 0.25) is 11.8 Å². The summed E-state index contributed by atoms with van der Waals surface area (Å²) in [4.78, 5) is 41.7. The van der Waals surface area contributed by atoms with Crippen LogP contribution in [-0.4, -0.2) is 51.6 Å². The molecule has 0 aromatic heterocycles. The minimum absolute atomic E-state index is 0.00532. The topological polar surface area (TPSA) is 108 Å². The molecule has 0 heterocycles. The van der Waals surface area contributed by atoms with Gasteiger partial charge in [0, 0.05) is 12.1 Å². The van der Waals surface area contributed by atoms with Crippen molar-refractivity contribution in [1.29, 1.82) is 0 Å². The van der Waals surface area contributed by atoms with Gasteiger partial charge in [-0.1, -0.05) is 46.2 Å². The van der Waals surface area contributed by atoms with Gasteiger partial charge < -0.3 is 25.4 Å². The summed E-state index contributed by atoms with van der Waals surface area (Å²) in [6.07, 6.45) is 1.60. The molecule has 0 spiro atoms. The molecule has 0 saturated carbocycles. The van der Waals surface area contributed by atoms with Crippen molar-refractivity contribution in [2.24, 2.45) is 5.92 Å². The lowest BCUT2D eigenvalue weighted by Crippen LogP contribution is -2.57. The molecule has 1 rings (SSSR count). The molecule has 0 saturated heterocycles. The third-order valence-corrected chi connectivity index (χ3v) is 5.75. The zero-order valence-electron chi connectivity index (χ0n) is 22.8. The molecule has 35 heavy (non-hydrogen) atoms. The Labute approximate surface area is 210 Å². The van der Waals surface area contributed by atoms with E-state index in [-0.39, 0.29) is 35.6 Å². The Kier molecular flexibility index (Phi) is 11.5. The zero-order chi connectivity index (χ0) is 26.9. The number of phenols is 1. The van der Waals surface area contributed by atoms with Crippen LogP contribution in [0.2, 0.25) is 0 Å². The van der Waals surface area contributed by atoms with Gasteiger partial charge in [-0.15, -0.1) is 0 Å². The lowest BCUT2D eigenvalue weighted by atomic mass is 9.96. The number of carbonyl (C=O) groups excluding carboxylic acids is 3. The van der Waals surface area contributed by atoms with Gasteiger partial charge in [-0.05, 0) is 71.1 Å². The number of hydrogen-bond donors (Lipinski definition) is 3. The molecule has 4 unspecified atom stereocenters. The summed E-state index contributed by atoms with van der Waals surface area (Å²) in [6.45, 7) is 16.7. The lowest BCUT2D eigenvalue weighted by Gasteiger charge is -2.39. The van der Waals surface area contributed by atoms with Gasteiger partial charge in [0.15, 0.2) is 0 Å². The summed E-state index contributed by atoms with van der Waals surface area (Å²) in [5.41, 5.74) is -0.218. The molecule has 0 bridgehead atoms. The van der Waals surface area contributed by atoms with E-state index >= 15 is 0 Å². The molecular formula is C27H45N3O5. The van der Waals surface area contributed by atoms with Crippen molar-refractivity contribution in [3.8, 4) is 5.75 Å². The molecule has 1 aromatic rings. The SMILES string of the molecule is CCCC(C)NC(=O)C(c1cccc(O)c1)N(C(=O)C(NC(=O)OC(C)(C)C)C(C)C)C(C)CC. The van der Waals surface area contributed by atoms with Crippen LogP contribution >= 0.6 is 0 Å². The van der Waals surface area contributed by atoms with Crippen LogP contribution in [0, 0.1) is 5.92 Å². The fourth-order valence-electron chi connectivity index (χ4n) is 3.86. The summed E-state index contributed by atoms with van der Waals surface area (Å²) < 4.78 is 5.39. The Bertz CT molecular complexity index is 849. The van der Waals surface area contributed by atoms with Crippen molar-refractivity contribution in [2.75, 3.05) is 0 Å². The van der Waals surface area contributed by atoms with Crippen molar-refractivity contribution in [3.63, 3.8) is 0 Å². The molecule has 0 fully saturated rings. The van der Waals surface area contributed by atoms with E-state index < -0.39 is 23.8 Å². The minimum Gasteiger partial charge on any atom is -0.508 e. The van der Waals surface area contributed by atoms with Crippen LogP contribution in [0.15, 0.2) is 24.3 Å². The third-order valence-electron chi connectivity index (χ3n) is 5.75. The molecule has 0 aliphatic heterocycles. The van der Waals surface area contributed by atoms with Crippen molar-refractivity contribution in [1.82, 2.24) is 15.5 Å². The van der Waals surface area contributed by atoms with E-state index in [9.17, 15) is 19.5 Å². The van der Waals surface area contributed by atoms with Gasteiger partial charge in [0.1, 0.15) is 23.4 Å². The number of rotatable bonds is 11. The van der Waals surface area contributed by atoms with Gasteiger partial charge in [-0.2, -0.15) is 0 Å². The molecule has 0 radical (unpaired) electrons. The van der Waals surface area contributed by atoms with Crippen LogP contribution < -0.4 is 10.6 Å². The Hall–Kier alpha value is -2.77. The van der Waals surface area contributed by atoms with Crippen molar-refractivity contribution >= 4 is 17.9 Å². The lowest BCUT2D eigenvalue weighted by molar-refractivity contribution is -0.146. The monoisotopic (exact) mass is 491 g/mol. The van der Waals surface area contributed by atoms with E-state index in [4.69, 9.17) is 4.74 Å². The Morgan fingerprint density at radius 3 is 2.17 bits per heavy atom. The van der Waals surface area contributed by atoms with E-state index in [1.807, 2.05) is 41.5 Å². The van der Waals surface area contributed by atoms with E-state index in [1.54, 1.807) is 32.9 Å². The van der Waals surface area contributed by atoms with E-state index in [0.29, 0.717) is 12.0 Å². The Balaban J connectivity index is 3.50. The highest BCUT2D eigenvalue weighted by Crippen LogP contribution is 2.29. The molecule has 0 aliphatic rings. The zero-order valence-corrected chi connectivity index (χ0v) is 22.8. The highest BCUT2D eigenvalue weighted by molar-refractivity contribution is 5.92.